The standard InChI is InChI=1S/C24H28F2.C18H18F2.C17H16F2/c1-16-6-15-22(24(26)23(16)25)21-13-11-20(12-14-21)19-9-7-18(8-10-19)17-4-2-3-5-17;1-12-6-11-16(18(20)17(12)19)15-9-7-14(8-10-15)13-4-2-3-5-13;1-11-2-9-15(17(19)16(11)18)14-7-5-13(6-8-14)10-12-3-4-12/h6,11-15,17-19H,2-5,7-10H2,1H3;6-11,13H,2-5H2,1H3;2,5-9,12H,3-4,10H2,1H3. The topological polar surface area (TPSA) is 0 Å². The van der Waals surface area contributed by atoms with E-state index in [1.165, 1.54) is 107 Å². The van der Waals surface area contributed by atoms with Crippen LogP contribution in [0.15, 0.2) is 109 Å². The van der Waals surface area contributed by atoms with Gasteiger partial charge in [0.2, 0.25) is 0 Å². The van der Waals surface area contributed by atoms with Gasteiger partial charge in [0, 0.05) is 16.7 Å². The van der Waals surface area contributed by atoms with Gasteiger partial charge in [0.05, 0.1) is 0 Å². The molecule has 4 aliphatic rings. The van der Waals surface area contributed by atoms with E-state index in [1.54, 1.807) is 57.2 Å². The van der Waals surface area contributed by atoms with Crippen molar-refractivity contribution in [2.75, 3.05) is 0 Å². The lowest BCUT2D eigenvalue weighted by molar-refractivity contribution is 0.235. The minimum absolute atomic E-state index is 0.334. The molecular weight excluding hydrogens is 823 g/mol. The largest absolute Gasteiger partial charge is 0.203 e. The van der Waals surface area contributed by atoms with Crippen LogP contribution < -0.4 is 0 Å². The maximum atomic E-state index is 14.2. The van der Waals surface area contributed by atoms with Crippen LogP contribution >= 0.6 is 0 Å². The molecule has 10 rings (SSSR count). The molecule has 0 heterocycles. The summed E-state index contributed by atoms with van der Waals surface area (Å²) in [6.07, 6.45) is 19.8. The zero-order valence-electron chi connectivity index (χ0n) is 38.2. The lowest BCUT2D eigenvalue weighted by Crippen LogP contribution is -2.19. The van der Waals surface area contributed by atoms with Gasteiger partial charge in [-0.2, -0.15) is 0 Å². The molecule has 0 bridgehead atoms. The summed E-state index contributed by atoms with van der Waals surface area (Å²) >= 11 is 0. The number of hydrogen-bond donors (Lipinski definition) is 0. The lowest BCUT2D eigenvalue weighted by Gasteiger charge is -2.32. The first-order chi connectivity index (χ1) is 31.4. The fraction of sp³-hybridized carbons (Fsp3) is 0.390. The van der Waals surface area contributed by atoms with Crippen LogP contribution in [-0.2, 0) is 6.42 Å². The molecule has 4 fully saturated rings. The van der Waals surface area contributed by atoms with Gasteiger partial charge in [-0.05, 0) is 158 Å². The van der Waals surface area contributed by atoms with Gasteiger partial charge >= 0.3 is 0 Å². The minimum Gasteiger partial charge on any atom is -0.203 e. The van der Waals surface area contributed by atoms with Crippen molar-refractivity contribution in [3.8, 4) is 33.4 Å². The summed E-state index contributed by atoms with van der Waals surface area (Å²) in [4.78, 5) is 0. The summed E-state index contributed by atoms with van der Waals surface area (Å²) in [6, 6.07) is 33.7. The van der Waals surface area contributed by atoms with E-state index < -0.39 is 34.9 Å². The molecule has 0 unspecified atom stereocenters. The summed E-state index contributed by atoms with van der Waals surface area (Å²) in [6.45, 7) is 4.74. The molecule has 340 valence electrons. The van der Waals surface area contributed by atoms with Crippen LogP contribution in [0.3, 0.4) is 0 Å². The van der Waals surface area contributed by atoms with E-state index in [9.17, 15) is 26.3 Å². The number of halogens is 6. The van der Waals surface area contributed by atoms with Crippen LogP contribution in [0.5, 0.6) is 0 Å². The second-order valence-electron chi connectivity index (χ2n) is 19.4. The monoisotopic (exact) mass is 884 g/mol. The molecule has 6 heteroatoms. The molecule has 65 heavy (non-hydrogen) atoms. The zero-order valence-corrected chi connectivity index (χ0v) is 38.2. The van der Waals surface area contributed by atoms with Crippen LogP contribution in [-0.4, -0.2) is 0 Å². The molecule has 6 aromatic carbocycles. The number of rotatable bonds is 8. The Kier molecular flexibility index (Phi) is 15.0. The van der Waals surface area contributed by atoms with Crippen molar-refractivity contribution < 1.29 is 26.3 Å². The first-order valence-corrected chi connectivity index (χ1v) is 24.1. The normalized spacial score (nSPS) is 18.8. The molecule has 0 aromatic heterocycles. The molecule has 4 aliphatic carbocycles. The van der Waals surface area contributed by atoms with Crippen molar-refractivity contribution in [1.82, 2.24) is 0 Å². The summed E-state index contributed by atoms with van der Waals surface area (Å²) < 4.78 is 83.1. The van der Waals surface area contributed by atoms with E-state index in [2.05, 4.69) is 24.3 Å². The number of aryl methyl sites for hydroxylation is 3. The SMILES string of the molecule is Cc1ccc(-c2ccc(C3CCC(C4CCCC4)CC3)cc2)c(F)c1F.Cc1ccc(-c2ccc(C3CCCC3)cc2)c(F)c1F.Cc1ccc(-c2ccc(CC3CC3)cc2)c(F)c1F. The third-order valence-corrected chi connectivity index (χ3v) is 14.9. The van der Waals surface area contributed by atoms with Gasteiger partial charge in [0.1, 0.15) is 0 Å². The Morgan fingerprint density at radius 3 is 1.06 bits per heavy atom. The highest BCUT2D eigenvalue weighted by molar-refractivity contribution is 5.67. The quantitative estimate of drug-likeness (QED) is 0.134. The highest BCUT2D eigenvalue weighted by Crippen LogP contribution is 2.44. The predicted molar refractivity (Wildman–Crippen MR) is 254 cm³/mol. The fourth-order valence-corrected chi connectivity index (χ4v) is 10.6. The minimum atomic E-state index is -0.755. The third kappa shape index (κ3) is 11.1. The maximum Gasteiger partial charge on any atom is 0.166 e. The van der Waals surface area contributed by atoms with Gasteiger partial charge in [0.15, 0.2) is 34.9 Å². The third-order valence-electron chi connectivity index (χ3n) is 14.9. The molecule has 0 spiro atoms. The van der Waals surface area contributed by atoms with Crippen LogP contribution in [0.2, 0.25) is 0 Å². The summed E-state index contributed by atoms with van der Waals surface area (Å²) in [5.41, 5.74) is 8.23. The van der Waals surface area contributed by atoms with E-state index in [-0.39, 0.29) is 0 Å². The fourth-order valence-electron chi connectivity index (χ4n) is 10.6. The first kappa shape index (κ1) is 46.4. The van der Waals surface area contributed by atoms with Crippen LogP contribution in [0, 0.1) is 73.4 Å². The Bertz CT molecular complexity index is 2520. The maximum absolute atomic E-state index is 14.2. The predicted octanol–water partition coefficient (Wildman–Crippen LogP) is 17.9. The van der Waals surface area contributed by atoms with Gasteiger partial charge in [0.25, 0.3) is 0 Å². The number of hydrogen-bond acceptors (Lipinski definition) is 0. The average Bonchev–Trinajstić information content (AvgIpc) is 3.69. The van der Waals surface area contributed by atoms with Crippen molar-refractivity contribution >= 4 is 0 Å². The Labute approximate surface area is 382 Å². The Morgan fingerprint density at radius 1 is 0.338 bits per heavy atom. The summed E-state index contributed by atoms with van der Waals surface area (Å²) in [5.74, 6) is -0.457. The van der Waals surface area contributed by atoms with Crippen molar-refractivity contribution in [3.05, 3.63) is 177 Å². The Hall–Kier alpha value is -5.10. The molecule has 0 atom stereocenters. The Balaban J connectivity index is 0.000000135. The van der Waals surface area contributed by atoms with Crippen molar-refractivity contribution in [1.29, 1.82) is 0 Å². The second-order valence-corrected chi connectivity index (χ2v) is 19.4. The van der Waals surface area contributed by atoms with Crippen molar-refractivity contribution in [3.63, 3.8) is 0 Å². The first-order valence-electron chi connectivity index (χ1n) is 24.1. The van der Waals surface area contributed by atoms with Gasteiger partial charge in [-0.15, -0.1) is 0 Å². The van der Waals surface area contributed by atoms with Gasteiger partial charge in [-0.3, -0.25) is 0 Å². The van der Waals surface area contributed by atoms with E-state index in [4.69, 9.17) is 0 Å². The molecule has 0 nitrogen and oxygen atoms in total. The van der Waals surface area contributed by atoms with Crippen molar-refractivity contribution in [2.24, 2.45) is 17.8 Å². The highest BCUT2D eigenvalue weighted by Gasteiger charge is 2.30. The van der Waals surface area contributed by atoms with E-state index in [1.807, 2.05) is 48.5 Å². The Morgan fingerprint density at radius 2 is 0.677 bits per heavy atom. The average molecular weight is 885 g/mol. The number of benzene rings is 6. The molecule has 0 N–H and O–H groups in total. The molecule has 4 saturated carbocycles. The summed E-state index contributed by atoms with van der Waals surface area (Å²) in [7, 11) is 0. The van der Waals surface area contributed by atoms with Crippen LogP contribution in [0.4, 0.5) is 26.3 Å². The smallest absolute Gasteiger partial charge is 0.166 e. The van der Waals surface area contributed by atoms with Crippen LogP contribution in [0.1, 0.15) is 135 Å². The van der Waals surface area contributed by atoms with E-state index in [0.717, 1.165) is 40.9 Å². The van der Waals surface area contributed by atoms with Gasteiger partial charge < -0.3 is 0 Å². The lowest BCUT2D eigenvalue weighted by atomic mass is 9.73. The molecule has 0 saturated heterocycles. The highest BCUT2D eigenvalue weighted by atomic mass is 19.2. The molecule has 0 amide bonds. The molecule has 0 radical (unpaired) electrons. The molecule has 0 aliphatic heterocycles. The second kappa shape index (κ2) is 21.0. The molecule has 6 aromatic rings. The van der Waals surface area contributed by atoms with Gasteiger partial charge in [-0.25, -0.2) is 26.3 Å². The molecular formula is C59H62F6. The van der Waals surface area contributed by atoms with Gasteiger partial charge in [-0.1, -0.05) is 148 Å². The summed E-state index contributed by atoms with van der Waals surface area (Å²) in [5, 5.41) is 0. The van der Waals surface area contributed by atoms with Crippen LogP contribution in [0.25, 0.3) is 33.4 Å². The zero-order chi connectivity index (χ0) is 45.6. The van der Waals surface area contributed by atoms with E-state index >= 15 is 0 Å². The van der Waals surface area contributed by atoms with E-state index in [0.29, 0.717) is 45.2 Å². The van der Waals surface area contributed by atoms with Crippen molar-refractivity contribution in [2.45, 2.75) is 129 Å².